The highest BCUT2D eigenvalue weighted by Gasteiger charge is 2.36. The predicted octanol–water partition coefficient (Wildman–Crippen LogP) is 2.06. The van der Waals surface area contributed by atoms with Gasteiger partial charge in [0.25, 0.3) is 0 Å². The fraction of sp³-hybridized carbons (Fsp3) is 0.462. The van der Waals surface area contributed by atoms with Crippen molar-refractivity contribution < 1.29 is 27.8 Å². The molecule has 1 aliphatic rings. The fourth-order valence-corrected chi connectivity index (χ4v) is 2.24. The number of hydrogen-bond donors (Lipinski definition) is 1. The number of alkyl halides is 3. The van der Waals surface area contributed by atoms with Crippen LogP contribution in [0.4, 0.5) is 18.9 Å². The number of amides is 1. The summed E-state index contributed by atoms with van der Waals surface area (Å²) in [4.78, 5) is 13.0. The Kier molecular flexibility index (Phi) is 3.89. The molecular weight excluding hydrogens is 275 g/mol. The normalized spacial score (nSPS) is 19.6. The number of aliphatic hydroxyl groups excluding tert-OH is 1. The van der Waals surface area contributed by atoms with Crippen molar-refractivity contribution in [1.29, 1.82) is 0 Å². The highest BCUT2D eigenvalue weighted by molar-refractivity contribution is 5.95. The number of benzene rings is 1. The first-order valence-electron chi connectivity index (χ1n) is 6.03. The highest BCUT2D eigenvalue weighted by Crippen LogP contribution is 2.39. The van der Waals surface area contributed by atoms with E-state index < -0.39 is 11.7 Å². The van der Waals surface area contributed by atoms with Gasteiger partial charge in [0, 0.05) is 31.2 Å². The Hall–Kier alpha value is -1.76. The van der Waals surface area contributed by atoms with E-state index in [1.165, 1.54) is 17.0 Å². The van der Waals surface area contributed by atoms with Gasteiger partial charge >= 0.3 is 6.18 Å². The van der Waals surface area contributed by atoms with Crippen molar-refractivity contribution in [1.82, 2.24) is 0 Å². The van der Waals surface area contributed by atoms with Gasteiger partial charge < -0.3 is 14.7 Å². The quantitative estimate of drug-likeness (QED) is 0.926. The molecule has 1 amide bonds. The van der Waals surface area contributed by atoms with Gasteiger partial charge in [0.2, 0.25) is 5.91 Å². The first kappa shape index (κ1) is 14.6. The second-order valence-corrected chi connectivity index (χ2v) is 4.64. The predicted molar refractivity (Wildman–Crippen MR) is 65.5 cm³/mol. The SMILES string of the molecule is COc1ccc(N2CC(CO)CC2=O)cc1C(F)(F)F. The second-order valence-electron chi connectivity index (χ2n) is 4.64. The van der Waals surface area contributed by atoms with E-state index in [1.807, 2.05) is 0 Å². The van der Waals surface area contributed by atoms with Crippen LogP contribution >= 0.6 is 0 Å². The number of aliphatic hydroxyl groups is 1. The van der Waals surface area contributed by atoms with Gasteiger partial charge in [-0.3, -0.25) is 4.79 Å². The lowest BCUT2D eigenvalue weighted by Gasteiger charge is -2.19. The molecule has 0 saturated carbocycles. The number of carbonyl (C=O) groups excluding carboxylic acids is 1. The van der Waals surface area contributed by atoms with E-state index in [9.17, 15) is 18.0 Å². The number of rotatable bonds is 3. The zero-order chi connectivity index (χ0) is 14.9. The molecule has 0 bridgehead atoms. The molecule has 0 radical (unpaired) electrons. The number of halogens is 3. The summed E-state index contributed by atoms with van der Waals surface area (Å²) >= 11 is 0. The molecule has 1 aromatic rings. The average Bonchev–Trinajstić information content (AvgIpc) is 2.78. The molecule has 0 spiro atoms. The van der Waals surface area contributed by atoms with Crippen LogP contribution in [-0.2, 0) is 11.0 Å². The van der Waals surface area contributed by atoms with Crippen LogP contribution in [0.1, 0.15) is 12.0 Å². The van der Waals surface area contributed by atoms with E-state index >= 15 is 0 Å². The van der Waals surface area contributed by atoms with Crippen molar-refractivity contribution in [3.05, 3.63) is 23.8 Å². The van der Waals surface area contributed by atoms with Crippen LogP contribution in [0.3, 0.4) is 0 Å². The third-order valence-corrected chi connectivity index (χ3v) is 3.26. The average molecular weight is 289 g/mol. The van der Waals surface area contributed by atoms with E-state index in [1.54, 1.807) is 0 Å². The minimum atomic E-state index is -4.56. The Balaban J connectivity index is 2.37. The number of methoxy groups -OCH3 is 1. The lowest BCUT2D eigenvalue weighted by Crippen LogP contribution is -2.25. The van der Waals surface area contributed by atoms with Crippen LogP contribution in [0.5, 0.6) is 5.75 Å². The molecule has 1 saturated heterocycles. The largest absolute Gasteiger partial charge is 0.496 e. The maximum atomic E-state index is 12.9. The van der Waals surface area contributed by atoms with Gasteiger partial charge in [0.15, 0.2) is 0 Å². The van der Waals surface area contributed by atoms with Gasteiger partial charge in [-0.15, -0.1) is 0 Å². The van der Waals surface area contributed by atoms with E-state index in [4.69, 9.17) is 9.84 Å². The van der Waals surface area contributed by atoms with Crippen molar-refractivity contribution in [2.75, 3.05) is 25.2 Å². The van der Waals surface area contributed by atoms with Crippen molar-refractivity contribution in [3.63, 3.8) is 0 Å². The van der Waals surface area contributed by atoms with Gasteiger partial charge in [-0.05, 0) is 18.2 Å². The Morgan fingerprint density at radius 1 is 1.45 bits per heavy atom. The molecule has 20 heavy (non-hydrogen) atoms. The van der Waals surface area contributed by atoms with Gasteiger partial charge in [-0.1, -0.05) is 0 Å². The summed E-state index contributed by atoms with van der Waals surface area (Å²) in [6.07, 6.45) is -4.41. The molecule has 0 aromatic heterocycles. The number of nitrogens with zero attached hydrogens (tertiary/aromatic N) is 1. The molecule has 2 rings (SSSR count). The molecule has 1 atom stereocenters. The van der Waals surface area contributed by atoms with E-state index in [-0.39, 0.29) is 42.8 Å². The summed E-state index contributed by atoms with van der Waals surface area (Å²) in [5.74, 6) is -0.812. The first-order valence-corrected chi connectivity index (χ1v) is 6.03. The number of carbonyl (C=O) groups is 1. The molecule has 1 fully saturated rings. The van der Waals surface area contributed by atoms with E-state index in [0.29, 0.717) is 0 Å². The van der Waals surface area contributed by atoms with Crippen molar-refractivity contribution in [2.45, 2.75) is 12.6 Å². The molecule has 1 aromatic carbocycles. The second kappa shape index (κ2) is 5.32. The lowest BCUT2D eigenvalue weighted by atomic mass is 10.1. The minimum Gasteiger partial charge on any atom is -0.496 e. The maximum Gasteiger partial charge on any atom is 0.420 e. The minimum absolute atomic E-state index is 0.143. The fourth-order valence-electron chi connectivity index (χ4n) is 2.24. The van der Waals surface area contributed by atoms with Crippen LogP contribution in [-0.4, -0.2) is 31.3 Å². The number of hydrogen-bond acceptors (Lipinski definition) is 3. The third kappa shape index (κ3) is 2.72. The molecule has 0 aliphatic carbocycles. The number of anilines is 1. The summed E-state index contributed by atoms with van der Waals surface area (Å²) in [7, 11) is 1.16. The molecular formula is C13H14F3NO3. The summed E-state index contributed by atoms with van der Waals surface area (Å²) in [6.45, 7) is 0.0590. The van der Waals surface area contributed by atoms with Crippen LogP contribution in [0.15, 0.2) is 18.2 Å². The molecule has 1 unspecified atom stereocenters. The van der Waals surface area contributed by atoms with Gasteiger partial charge in [-0.2, -0.15) is 13.2 Å². The zero-order valence-corrected chi connectivity index (χ0v) is 10.8. The topological polar surface area (TPSA) is 49.8 Å². The molecule has 110 valence electrons. The van der Waals surface area contributed by atoms with Gasteiger partial charge in [0.1, 0.15) is 5.75 Å². The third-order valence-electron chi connectivity index (χ3n) is 3.26. The van der Waals surface area contributed by atoms with Crippen LogP contribution in [0, 0.1) is 5.92 Å². The van der Waals surface area contributed by atoms with Crippen LogP contribution < -0.4 is 9.64 Å². The summed E-state index contributed by atoms with van der Waals surface area (Å²) in [5.41, 5.74) is -0.753. The van der Waals surface area contributed by atoms with Crippen molar-refractivity contribution in [3.8, 4) is 5.75 Å². The summed E-state index contributed by atoms with van der Waals surface area (Å²) < 4.78 is 43.5. The molecule has 1 heterocycles. The molecule has 1 aliphatic heterocycles. The van der Waals surface area contributed by atoms with E-state index in [2.05, 4.69) is 0 Å². The van der Waals surface area contributed by atoms with Gasteiger partial charge in [0.05, 0.1) is 12.7 Å². The van der Waals surface area contributed by atoms with Crippen molar-refractivity contribution >= 4 is 11.6 Å². The molecule has 7 heteroatoms. The Bertz CT molecular complexity index is 516. The van der Waals surface area contributed by atoms with Gasteiger partial charge in [-0.25, -0.2) is 0 Å². The Labute approximate surface area is 113 Å². The first-order chi connectivity index (χ1) is 9.36. The monoisotopic (exact) mass is 289 g/mol. The molecule has 4 nitrogen and oxygen atoms in total. The highest BCUT2D eigenvalue weighted by atomic mass is 19.4. The Morgan fingerprint density at radius 3 is 2.65 bits per heavy atom. The Morgan fingerprint density at radius 2 is 2.15 bits per heavy atom. The zero-order valence-electron chi connectivity index (χ0n) is 10.8. The lowest BCUT2D eigenvalue weighted by molar-refractivity contribution is -0.138. The van der Waals surface area contributed by atoms with Crippen molar-refractivity contribution in [2.24, 2.45) is 5.92 Å². The smallest absolute Gasteiger partial charge is 0.420 e. The molecule has 1 N–H and O–H groups in total. The summed E-state index contributed by atoms with van der Waals surface area (Å²) in [6, 6.07) is 3.50. The maximum absolute atomic E-state index is 12.9. The summed E-state index contributed by atoms with van der Waals surface area (Å²) in [5, 5.41) is 9.04. The number of ether oxygens (including phenoxy) is 1. The standard InChI is InChI=1S/C13H14F3NO3/c1-20-11-3-2-9(5-10(11)13(14,15)16)17-6-8(7-18)4-12(17)19/h2-3,5,8,18H,4,6-7H2,1H3. The van der Waals surface area contributed by atoms with Crippen LogP contribution in [0.25, 0.3) is 0 Å². The van der Waals surface area contributed by atoms with Crippen LogP contribution in [0.2, 0.25) is 0 Å². The van der Waals surface area contributed by atoms with E-state index in [0.717, 1.165) is 13.2 Å².